The molecule has 1 aromatic rings. The van der Waals surface area contributed by atoms with E-state index in [2.05, 4.69) is 11.6 Å². The molecule has 0 bridgehead atoms. The largest absolute Gasteiger partial charge is 0.496 e. The van der Waals surface area contributed by atoms with Crippen LogP contribution in [0, 0.1) is 6.92 Å². The summed E-state index contributed by atoms with van der Waals surface area (Å²) in [6, 6.07) is 5.76. The molecule has 1 N–H and O–H groups in total. The molecule has 0 aliphatic carbocycles. The van der Waals surface area contributed by atoms with Gasteiger partial charge < -0.3 is 9.84 Å². The maximum Gasteiger partial charge on any atom is 0.350 e. The SMILES string of the molecule is C=C/C(=C\N=C(CCC)C(=O)O)c1cccc(C)c1OC. The average Bonchev–Trinajstić information content (AvgIpc) is 2.46. The number of aliphatic imine (C=N–C) groups is 1. The van der Waals surface area contributed by atoms with E-state index in [0.29, 0.717) is 6.42 Å². The molecule has 0 aromatic heterocycles. The normalized spacial score (nSPS) is 12.1. The van der Waals surface area contributed by atoms with Crippen LogP contribution >= 0.6 is 0 Å². The third kappa shape index (κ3) is 4.31. The molecule has 0 aliphatic heterocycles. The lowest BCUT2D eigenvalue weighted by molar-refractivity contribution is -0.129. The summed E-state index contributed by atoms with van der Waals surface area (Å²) in [5.74, 6) is -0.251. The van der Waals surface area contributed by atoms with Gasteiger partial charge in [-0.25, -0.2) is 4.79 Å². The topological polar surface area (TPSA) is 58.9 Å². The predicted octanol–water partition coefficient (Wildman–Crippen LogP) is 3.86. The molecule has 4 nitrogen and oxygen atoms in total. The number of allylic oxidation sites excluding steroid dienone is 2. The van der Waals surface area contributed by atoms with Crippen LogP contribution in [-0.2, 0) is 4.79 Å². The van der Waals surface area contributed by atoms with Gasteiger partial charge >= 0.3 is 5.97 Å². The molecule has 0 saturated carbocycles. The highest BCUT2D eigenvalue weighted by Gasteiger charge is 2.10. The van der Waals surface area contributed by atoms with E-state index in [1.54, 1.807) is 13.2 Å². The summed E-state index contributed by atoms with van der Waals surface area (Å²) >= 11 is 0. The van der Waals surface area contributed by atoms with Crippen molar-refractivity contribution in [1.29, 1.82) is 0 Å². The standard InChI is InChI=1S/C17H21NO3/c1-5-8-15(17(19)20)18-11-13(6-2)14-10-7-9-12(3)16(14)21-4/h6-7,9-11H,2,5,8H2,1,3-4H3,(H,19,20)/b13-11+,18-15?. The Morgan fingerprint density at radius 1 is 1.48 bits per heavy atom. The molecular weight excluding hydrogens is 266 g/mol. The minimum Gasteiger partial charge on any atom is -0.496 e. The number of carboxylic acid groups (broad SMARTS) is 1. The van der Waals surface area contributed by atoms with Gasteiger partial charge in [0.2, 0.25) is 0 Å². The zero-order valence-corrected chi connectivity index (χ0v) is 12.7. The number of aryl methyl sites for hydroxylation is 1. The van der Waals surface area contributed by atoms with Crippen LogP contribution in [0.2, 0.25) is 0 Å². The van der Waals surface area contributed by atoms with Crippen molar-refractivity contribution in [2.24, 2.45) is 4.99 Å². The Labute approximate surface area is 125 Å². The van der Waals surface area contributed by atoms with Crippen LogP contribution in [0.3, 0.4) is 0 Å². The molecule has 0 amide bonds. The van der Waals surface area contributed by atoms with Gasteiger partial charge in [-0.15, -0.1) is 0 Å². The molecule has 1 rings (SSSR count). The summed E-state index contributed by atoms with van der Waals surface area (Å²) in [6.45, 7) is 7.64. The minimum atomic E-state index is -0.993. The first-order valence-electron chi connectivity index (χ1n) is 6.81. The molecule has 0 fully saturated rings. The number of rotatable bonds is 7. The fraction of sp³-hybridized carbons (Fsp3) is 0.294. The molecule has 0 unspecified atom stereocenters. The number of benzene rings is 1. The van der Waals surface area contributed by atoms with Crippen molar-refractivity contribution in [1.82, 2.24) is 0 Å². The number of methoxy groups -OCH3 is 1. The summed E-state index contributed by atoms with van der Waals surface area (Å²) in [6.07, 6.45) is 4.34. The second-order valence-corrected chi connectivity index (χ2v) is 4.58. The number of carbonyl (C=O) groups is 1. The monoisotopic (exact) mass is 287 g/mol. The van der Waals surface area contributed by atoms with Crippen molar-refractivity contribution < 1.29 is 14.6 Å². The number of para-hydroxylation sites is 1. The lowest BCUT2D eigenvalue weighted by Gasteiger charge is -2.11. The van der Waals surface area contributed by atoms with Crippen LogP contribution in [0.25, 0.3) is 5.57 Å². The smallest absolute Gasteiger partial charge is 0.350 e. The number of ether oxygens (including phenoxy) is 1. The van der Waals surface area contributed by atoms with Gasteiger partial charge in [-0.05, 0) is 18.9 Å². The minimum absolute atomic E-state index is 0.142. The van der Waals surface area contributed by atoms with Crippen molar-refractivity contribution in [2.45, 2.75) is 26.7 Å². The van der Waals surface area contributed by atoms with Gasteiger partial charge in [-0.1, -0.05) is 44.2 Å². The molecule has 1 aromatic carbocycles. The zero-order valence-electron chi connectivity index (χ0n) is 12.7. The Kier molecular flexibility index (Phi) is 6.40. The summed E-state index contributed by atoms with van der Waals surface area (Å²) in [5, 5.41) is 9.09. The molecule has 0 radical (unpaired) electrons. The lowest BCUT2D eigenvalue weighted by atomic mass is 10.0. The second-order valence-electron chi connectivity index (χ2n) is 4.58. The Hall–Kier alpha value is -2.36. The van der Waals surface area contributed by atoms with Gasteiger partial charge in [-0.2, -0.15) is 0 Å². The van der Waals surface area contributed by atoms with Crippen LogP contribution in [0.15, 0.2) is 42.0 Å². The van der Waals surface area contributed by atoms with E-state index in [1.807, 2.05) is 32.0 Å². The summed E-state index contributed by atoms with van der Waals surface area (Å²) < 4.78 is 5.41. The Morgan fingerprint density at radius 2 is 2.19 bits per heavy atom. The third-order valence-electron chi connectivity index (χ3n) is 3.04. The molecule has 0 spiro atoms. The fourth-order valence-electron chi connectivity index (χ4n) is 1.99. The highest BCUT2D eigenvalue weighted by Crippen LogP contribution is 2.29. The molecule has 0 atom stereocenters. The Balaban J connectivity index is 3.28. The zero-order chi connectivity index (χ0) is 15.8. The third-order valence-corrected chi connectivity index (χ3v) is 3.04. The number of hydrogen-bond acceptors (Lipinski definition) is 3. The Morgan fingerprint density at radius 3 is 2.71 bits per heavy atom. The van der Waals surface area contributed by atoms with E-state index in [1.165, 1.54) is 6.20 Å². The number of aliphatic carboxylic acids is 1. The number of carboxylic acids is 1. The predicted molar refractivity (Wildman–Crippen MR) is 85.9 cm³/mol. The van der Waals surface area contributed by atoms with Gasteiger partial charge in [0, 0.05) is 17.3 Å². The lowest BCUT2D eigenvalue weighted by Crippen LogP contribution is -2.11. The average molecular weight is 287 g/mol. The summed E-state index contributed by atoms with van der Waals surface area (Å²) in [7, 11) is 1.61. The van der Waals surface area contributed by atoms with Gasteiger partial charge in [0.25, 0.3) is 0 Å². The van der Waals surface area contributed by atoms with Crippen molar-refractivity contribution >= 4 is 17.3 Å². The van der Waals surface area contributed by atoms with E-state index in [9.17, 15) is 4.79 Å². The molecule has 0 saturated heterocycles. The van der Waals surface area contributed by atoms with Crippen LogP contribution < -0.4 is 4.74 Å². The van der Waals surface area contributed by atoms with Crippen LogP contribution in [0.1, 0.15) is 30.9 Å². The van der Waals surface area contributed by atoms with E-state index in [-0.39, 0.29) is 5.71 Å². The maximum absolute atomic E-state index is 11.1. The molecular formula is C17H21NO3. The van der Waals surface area contributed by atoms with Crippen LogP contribution in [0.5, 0.6) is 5.75 Å². The van der Waals surface area contributed by atoms with E-state index in [4.69, 9.17) is 9.84 Å². The fourth-order valence-corrected chi connectivity index (χ4v) is 1.99. The van der Waals surface area contributed by atoms with E-state index in [0.717, 1.165) is 28.9 Å². The van der Waals surface area contributed by atoms with Crippen molar-refractivity contribution in [3.8, 4) is 5.75 Å². The summed E-state index contributed by atoms with van der Waals surface area (Å²) in [5.41, 5.74) is 2.71. The molecule has 21 heavy (non-hydrogen) atoms. The van der Waals surface area contributed by atoms with Crippen molar-refractivity contribution in [2.75, 3.05) is 7.11 Å². The first kappa shape index (κ1) is 16.7. The summed E-state index contributed by atoms with van der Waals surface area (Å²) in [4.78, 5) is 15.2. The highest BCUT2D eigenvalue weighted by atomic mass is 16.5. The molecule has 4 heteroatoms. The van der Waals surface area contributed by atoms with Crippen LogP contribution in [-0.4, -0.2) is 23.9 Å². The van der Waals surface area contributed by atoms with Crippen LogP contribution in [0.4, 0.5) is 0 Å². The van der Waals surface area contributed by atoms with Gasteiger partial charge in [-0.3, -0.25) is 4.99 Å². The Bertz CT molecular complexity index is 586. The molecule has 112 valence electrons. The van der Waals surface area contributed by atoms with Gasteiger partial charge in [0.1, 0.15) is 11.5 Å². The maximum atomic E-state index is 11.1. The van der Waals surface area contributed by atoms with Gasteiger partial charge in [0.15, 0.2) is 0 Å². The quantitative estimate of drug-likeness (QED) is 0.612. The first-order valence-corrected chi connectivity index (χ1v) is 6.81. The second kappa shape index (κ2) is 8.04. The van der Waals surface area contributed by atoms with E-state index < -0.39 is 5.97 Å². The molecule has 0 aliphatic rings. The highest BCUT2D eigenvalue weighted by molar-refractivity contribution is 6.35. The number of hydrogen-bond donors (Lipinski definition) is 1. The molecule has 0 heterocycles. The van der Waals surface area contributed by atoms with Gasteiger partial charge in [0.05, 0.1) is 7.11 Å². The number of nitrogens with zero attached hydrogens (tertiary/aromatic N) is 1. The first-order chi connectivity index (χ1) is 10.0. The van der Waals surface area contributed by atoms with Crippen molar-refractivity contribution in [3.63, 3.8) is 0 Å². The van der Waals surface area contributed by atoms with Crippen molar-refractivity contribution in [3.05, 3.63) is 48.2 Å². The van der Waals surface area contributed by atoms with E-state index >= 15 is 0 Å².